The van der Waals surface area contributed by atoms with Crippen LogP contribution in [0.15, 0.2) is 36.5 Å². The molecule has 0 aliphatic heterocycles. The maximum atomic E-state index is 6.04. The highest BCUT2D eigenvalue weighted by Crippen LogP contribution is 2.29. The van der Waals surface area contributed by atoms with Gasteiger partial charge in [0.1, 0.15) is 5.75 Å². The largest absolute Gasteiger partial charge is 0.437 e. The van der Waals surface area contributed by atoms with E-state index in [1.807, 2.05) is 31.2 Å². The van der Waals surface area contributed by atoms with Crippen LogP contribution in [0.5, 0.6) is 11.6 Å². The minimum absolute atomic E-state index is 0.573. The predicted octanol–water partition coefficient (Wildman–Crippen LogP) is 3.34. The Bertz CT molecular complexity index is 543. The number of para-hydroxylation sites is 1. The molecule has 94 valence electrons. The normalized spacial score (nSPS) is 10.4. The Balaban J connectivity index is 2.22. The van der Waals surface area contributed by atoms with E-state index in [9.17, 15) is 0 Å². The Kier molecular flexibility index (Phi) is 4.18. The van der Waals surface area contributed by atoms with Gasteiger partial charge in [-0.2, -0.15) is 0 Å². The van der Waals surface area contributed by atoms with Gasteiger partial charge in [-0.1, -0.05) is 23.7 Å². The molecule has 0 radical (unpaired) electrons. The van der Waals surface area contributed by atoms with Gasteiger partial charge >= 0.3 is 0 Å². The summed E-state index contributed by atoms with van der Waals surface area (Å²) < 4.78 is 5.70. The molecule has 18 heavy (non-hydrogen) atoms. The average Bonchev–Trinajstić information content (AvgIpc) is 2.35. The van der Waals surface area contributed by atoms with Crippen LogP contribution in [0.2, 0.25) is 5.02 Å². The lowest BCUT2D eigenvalue weighted by Gasteiger charge is -2.09. The fourth-order valence-electron chi connectivity index (χ4n) is 1.66. The lowest BCUT2D eigenvalue weighted by Crippen LogP contribution is -2.03. The number of benzene rings is 1. The topological polar surface area (TPSA) is 48.1 Å². The molecule has 0 fully saturated rings. The number of pyridine rings is 1. The number of aryl methyl sites for hydroxylation is 1. The second-order valence-electron chi connectivity index (χ2n) is 4.04. The molecule has 0 saturated carbocycles. The maximum Gasteiger partial charge on any atom is 0.222 e. The van der Waals surface area contributed by atoms with Crippen LogP contribution in [0.25, 0.3) is 0 Å². The average molecular weight is 263 g/mol. The summed E-state index contributed by atoms with van der Waals surface area (Å²) in [6.07, 6.45) is 2.60. The molecule has 2 aromatic rings. The third kappa shape index (κ3) is 3.00. The molecule has 0 saturated heterocycles. The second kappa shape index (κ2) is 5.85. The van der Waals surface area contributed by atoms with E-state index < -0.39 is 0 Å². The van der Waals surface area contributed by atoms with Crippen molar-refractivity contribution in [3.63, 3.8) is 0 Å². The standard InChI is InChI=1S/C14H15ClN2O/c1-10-8-11(6-7-16)9-17-14(10)18-13-5-3-2-4-12(13)15/h2-5,8-9H,6-7,16H2,1H3. The van der Waals surface area contributed by atoms with Crippen molar-refractivity contribution < 1.29 is 4.74 Å². The Labute approximate surface area is 112 Å². The molecule has 3 nitrogen and oxygen atoms in total. The highest BCUT2D eigenvalue weighted by atomic mass is 35.5. The van der Waals surface area contributed by atoms with E-state index in [0.29, 0.717) is 23.2 Å². The van der Waals surface area contributed by atoms with Crippen LogP contribution in [0, 0.1) is 6.92 Å². The van der Waals surface area contributed by atoms with Crippen LogP contribution in [-0.2, 0) is 6.42 Å². The van der Waals surface area contributed by atoms with Crippen LogP contribution in [0.3, 0.4) is 0 Å². The Morgan fingerprint density at radius 2 is 2.11 bits per heavy atom. The molecule has 0 unspecified atom stereocenters. The molecule has 2 N–H and O–H groups in total. The first-order valence-electron chi connectivity index (χ1n) is 5.78. The van der Waals surface area contributed by atoms with Gasteiger partial charge in [0.25, 0.3) is 0 Å². The van der Waals surface area contributed by atoms with Crippen LogP contribution < -0.4 is 10.5 Å². The van der Waals surface area contributed by atoms with Crippen molar-refractivity contribution in [3.8, 4) is 11.6 Å². The summed E-state index contributed by atoms with van der Waals surface area (Å²) in [5.41, 5.74) is 7.60. The highest BCUT2D eigenvalue weighted by molar-refractivity contribution is 6.32. The molecule has 1 aromatic carbocycles. The molecule has 0 bridgehead atoms. The lowest BCUT2D eigenvalue weighted by atomic mass is 10.1. The summed E-state index contributed by atoms with van der Waals surface area (Å²) in [5, 5.41) is 0.574. The lowest BCUT2D eigenvalue weighted by molar-refractivity contribution is 0.458. The first-order valence-corrected chi connectivity index (χ1v) is 6.16. The van der Waals surface area contributed by atoms with E-state index >= 15 is 0 Å². The van der Waals surface area contributed by atoms with Crippen LogP contribution in [0.4, 0.5) is 0 Å². The van der Waals surface area contributed by atoms with Crippen molar-refractivity contribution in [2.45, 2.75) is 13.3 Å². The predicted molar refractivity (Wildman–Crippen MR) is 73.3 cm³/mol. The molecule has 0 aliphatic carbocycles. The van der Waals surface area contributed by atoms with Gasteiger partial charge in [0, 0.05) is 11.8 Å². The van der Waals surface area contributed by atoms with Crippen molar-refractivity contribution in [1.82, 2.24) is 4.98 Å². The molecule has 0 spiro atoms. The molecule has 1 heterocycles. The first-order chi connectivity index (χ1) is 8.70. The van der Waals surface area contributed by atoms with Crippen LogP contribution in [0.1, 0.15) is 11.1 Å². The van der Waals surface area contributed by atoms with Gasteiger partial charge in [0.15, 0.2) is 0 Å². The van der Waals surface area contributed by atoms with E-state index in [1.54, 1.807) is 12.3 Å². The highest BCUT2D eigenvalue weighted by Gasteiger charge is 2.06. The zero-order valence-electron chi connectivity index (χ0n) is 10.2. The van der Waals surface area contributed by atoms with Gasteiger partial charge in [0.05, 0.1) is 5.02 Å². The summed E-state index contributed by atoms with van der Waals surface area (Å²) >= 11 is 6.04. The van der Waals surface area contributed by atoms with Gasteiger partial charge in [-0.15, -0.1) is 0 Å². The monoisotopic (exact) mass is 262 g/mol. The van der Waals surface area contributed by atoms with Gasteiger partial charge in [-0.25, -0.2) is 4.98 Å². The number of ether oxygens (including phenoxy) is 1. The van der Waals surface area contributed by atoms with E-state index in [4.69, 9.17) is 22.1 Å². The Hall–Kier alpha value is -1.58. The third-order valence-electron chi connectivity index (χ3n) is 2.56. The van der Waals surface area contributed by atoms with Crippen molar-refractivity contribution in [2.24, 2.45) is 5.73 Å². The van der Waals surface area contributed by atoms with Crippen LogP contribution >= 0.6 is 11.6 Å². The molecule has 2 rings (SSSR count). The fourth-order valence-corrected chi connectivity index (χ4v) is 1.84. The number of hydrogen-bond acceptors (Lipinski definition) is 3. The molecule has 4 heteroatoms. The number of nitrogens with zero attached hydrogens (tertiary/aromatic N) is 1. The summed E-state index contributed by atoms with van der Waals surface area (Å²) in [6, 6.07) is 9.37. The molecule has 1 aromatic heterocycles. The van der Waals surface area contributed by atoms with Crippen molar-refractivity contribution in [2.75, 3.05) is 6.54 Å². The fraction of sp³-hybridized carbons (Fsp3) is 0.214. The molecular formula is C14H15ClN2O. The molecule has 0 amide bonds. The summed E-state index contributed by atoms with van der Waals surface area (Å²) in [5.74, 6) is 1.19. The number of aromatic nitrogens is 1. The zero-order valence-corrected chi connectivity index (χ0v) is 10.9. The summed E-state index contributed by atoms with van der Waals surface area (Å²) in [6.45, 7) is 2.57. The van der Waals surface area contributed by atoms with Gasteiger partial charge in [-0.05, 0) is 43.7 Å². The summed E-state index contributed by atoms with van der Waals surface area (Å²) in [4.78, 5) is 4.30. The minimum Gasteiger partial charge on any atom is -0.437 e. The quantitative estimate of drug-likeness (QED) is 0.919. The smallest absolute Gasteiger partial charge is 0.222 e. The first kappa shape index (κ1) is 12.9. The Morgan fingerprint density at radius 1 is 1.33 bits per heavy atom. The molecular weight excluding hydrogens is 248 g/mol. The summed E-state index contributed by atoms with van der Waals surface area (Å²) in [7, 11) is 0. The van der Waals surface area contributed by atoms with E-state index in [-0.39, 0.29) is 0 Å². The SMILES string of the molecule is Cc1cc(CCN)cnc1Oc1ccccc1Cl. The van der Waals surface area contributed by atoms with E-state index in [2.05, 4.69) is 4.98 Å². The molecule has 0 aliphatic rings. The number of nitrogens with two attached hydrogens (primary N) is 1. The van der Waals surface area contributed by atoms with Gasteiger partial charge in [-0.3, -0.25) is 0 Å². The van der Waals surface area contributed by atoms with E-state index in [0.717, 1.165) is 17.5 Å². The second-order valence-corrected chi connectivity index (χ2v) is 4.44. The Morgan fingerprint density at radius 3 is 2.78 bits per heavy atom. The third-order valence-corrected chi connectivity index (χ3v) is 2.88. The minimum atomic E-state index is 0.573. The number of halogens is 1. The van der Waals surface area contributed by atoms with Crippen molar-refractivity contribution in [1.29, 1.82) is 0 Å². The van der Waals surface area contributed by atoms with Gasteiger partial charge in [0.2, 0.25) is 5.88 Å². The van der Waals surface area contributed by atoms with Crippen LogP contribution in [-0.4, -0.2) is 11.5 Å². The van der Waals surface area contributed by atoms with Crippen molar-refractivity contribution in [3.05, 3.63) is 52.7 Å². The van der Waals surface area contributed by atoms with E-state index in [1.165, 1.54) is 0 Å². The maximum absolute atomic E-state index is 6.04. The van der Waals surface area contributed by atoms with Gasteiger partial charge < -0.3 is 10.5 Å². The number of rotatable bonds is 4. The zero-order chi connectivity index (χ0) is 13.0. The number of hydrogen-bond donors (Lipinski definition) is 1. The van der Waals surface area contributed by atoms with Crippen molar-refractivity contribution >= 4 is 11.6 Å². The molecule has 0 atom stereocenters.